The standard InChI is InChI=1S/C13H17NO/c1-2-3-11-4-6-12(7-5-11)13(15)10-14-8-9-14/h4-7H,2-3,8-10H2,1H3. The van der Waals surface area contributed by atoms with E-state index in [2.05, 4.69) is 24.0 Å². The smallest absolute Gasteiger partial charge is 0.176 e. The Labute approximate surface area is 90.9 Å². The molecule has 1 aliphatic rings. The Morgan fingerprint density at radius 3 is 2.47 bits per heavy atom. The lowest BCUT2D eigenvalue weighted by Crippen LogP contribution is -2.12. The van der Waals surface area contributed by atoms with Crippen LogP contribution in [0.15, 0.2) is 24.3 Å². The Morgan fingerprint density at radius 2 is 1.93 bits per heavy atom. The van der Waals surface area contributed by atoms with Gasteiger partial charge in [-0.05, 0) is 12.0 Å². The summed E-state index contributed by atoms with van der Waals surface area (Å²) in [5.74, 6) is 0.246. The average molecular weight is 203 g/mol. The Morgan fingerprint density at radius 1 is 1.27 bits per heavy atom. The molecule has 0 spiro atoms. The average Bonchev–Trinajstić information content (AvgIpc) is 3.03. The van der Waals surface area contributed by atoms with Crippen molar-refractivity contribution in [1.82, 2.24) is 4.90 Å². The minimum absolute atomic E-state index is 0.246. The summed E-state index contributed by atoms with van der Waals surface area (Å²) in [5, 5.41) is 0. The highest BCUT2D eigenvalue weighted by Gasteiger charge is 2.20. The topological polar surface area (TPSA) is 20.1 Å². The third-order valence-electron chi connectivity index (χ3n) is 2.72. The summed E-state index contributed by atoms with van der Waals surface area (Å²) in [6, 6.07) is 8.05. The molecule has 0 aliphatic carbocycles. The van der Waals surface area contributed by atoms with Crippen LogP contribution >= 0.6 is 0 Å². The van der Waals surface area contributed by atoms with Crippen LogP contribution in [0.5, 0.6) is 0 Å². The van der Waals surface area contributed by atoms with Crippen LogP contribution in [-0.4, -0.2) is 30.3 Å². The van der Waals surface area contributed by atoms with Gasteiger partial charge in [0.1, 0.15) is 0 Å². The van der Waals surface area contributed by atoms with Gasteiger partial charge in [-0.25, -0.2) is 0 Å². The fraction of sp³-hybridized carbons (Fsp3) is 0.462. The zero-order chi connectivity index (χ0) is 10.7. The highest BCUT2D eigenvalue weighted by atomic mass is 16.1. The quantitative estimate of drug-likeness (QED) is 0.539. The number of carbonyl (C=O) groups excluding carboxylic acids is 1. The van der Waals surface area contributed by atoms with Gasteiger partial charge in [-0.15, -0.1) is 0 Å². The zero-order valence-corrected chi connectivity index (χ0v) is 9.20. The molecule has 1 heterocycles. The van der Waals surface area contributed by atoms with E-state index < -0.39 is 0 Å². The number of Topliss-reactive ketones (excluding diaryl/α,β-unsaturated/α-hetero) is 1. The molecule has 80 valence electrons. The molecule has 1 aromatic carbocycles. The highest BCUT2D eigenvalue weighted by molar-refractivity contribution is 5.97. The van der Waals surface area contributed by atoms with Crippen LogP contribution in [0.3, 0.4) is 0 Å². The SMILES string of the molecule is CCCc1ccc(C(=O)CN2CC2)cc1. The molecule has 0 saturated carbocycles. The number of aryl methyl sites for hydroxylation is 1. The molecule has 1 aliphatic heterocycles. The van der Waals surface area contributed by atoms with Crippen LogP contribution < -0.4 is 0 Å². The summed E-state index contributed by atoms with van der Waals surface area (Å²) >= 11 is 0. The zero-order valence-electron chi connectivity index (χ0n) is 9.20. The van der Waals surface area contributed by atoms with Gasteiger partial charge in [-0.2, -0.15) is 0 Å². The third kappa shape index (κ3) is 2.90. The Balaban J connectivity index is 1.98. The molecule has 2 rings (SSSR count). The Kier molecular flexibility index (Phi) is 3.17. The fourth-order valence-corrected chi connectivity index (χ4v) is 1.67. The molecular formula is C13H17NO. The molecule has 0 aromatic heterocycles. The number of carbonyl (C=O) groups is 1. The number of rotatable bonds is 5. The van der Waals surface area contributed by atoms with Crippen LogP contribution in [0.25, 0.3) is 0 Å². The van der Waals surface area contributed by atoms with Gasteiger partial charge in [0, 0.05) is 18.7 Å². The van der Waals surface area contributed by atoms with Crippen molar-refractivity contribution in [1.29, 1.82) is 0 Å². The van der Waals surface area contributed by atoms with Crippen LogP contribution in [0.2, 0.25) is 0 Å². The molecular weight excluding hydrogens is 186 g/mol. The summed E-state index contributed by atoms with van der Waals surface area (Å²) in [6.45, 7) is 4.92. The number of ketones is 1. The molecule has 2 heteroatoms. The van der Waals surface area contributed by atoms with E-state index in [0.29, 0.717) is 6.54 Å². The van der Waals surface area contributed by atoms with Gasteiger partial charge >= 0.3 is 0 Å². The summed E-state index contributed by atoms with van der Waals surface area (Å²) in [5.41, 5.74) is 2.17. The Bertz CT molecular complexity index is 338. The van der Waals surface area contributed by atoms with Crippen molar-refractivity contribution in [3.05, 3.63) is 35.4 Å². The molecule has 0 atom stereocenters. The number of hydrogen-bond acceptors (Lipinski definition) is 2. The summed E-state index contributed by atoms with van der Waals surface area (Å²) < 4.78 is 0. The molecule has 1 aromatic rings. The maximum atomic E-state index is 11.7. The van der Waals surface area contributed by atoms with Crippen molar-refractivity contribution in [2.45, 2.75) is 19.8 Å². The van der Waals surface area contributed by atoms with Gasteiger partial charge < -0.3 is 0 Å². The minimum atomic E-state index is 0.246. The largest absolute Gasteiger partial charge is 0.293 e. The molecule has 0 unspecified atom stereocenters. The van der Waals surface area contributed by atoms with E-state index >= 15 is 0 Å². The van der Waals surface area contributed by atoms with Crippen molar-refractivity contribution in [3.63, 3.8) is 0 Å². The predicted octanol–water partition coefficient (Wildman–Crippen LogP) is 2.14. The molecule has 1 fully saturated rings. The van der Waals surface area contributed by atoms with Gasteiger partial charge in [-0.1, -0.05) is 37.6 Å². The first kappa shape index (κ1) is 10.4. The maximum absolute atomic E-state index is 11.7. The molecule has 1 saturated heterocycles. The fourth-order valence-electron chi connectivity index (χ4n) is 1.67. The lowest BCUT2D eigenvalue weighted by atomic mass is 10.1. The van der Waals surface area contributed by atoms with E-state index in [-0.39, 0.29) is 5.78 Å². The minimum Gasteiger partial charge on any atom is -0.293 e. The lowest BCUT2D eigenvalue weighted by Gasteiger charge is -2.03. The molecule has 2 nitrogen and oxygen atoms in total. The van der Waals surface area contributed by atoms with Crippen molar-refractivity contribution >= 4 is 5.78 Å². The number of benzene rings is 1. The molecule has 15 heavy (non-hydrogen) atoms. The summed E-state index contributed by atoms with van der Waals surface area (Å²) in [6.07, 6.45) is 2.25. The van der Waals surface area contributed by atoms with Gasteiger partial charge in [0.05, 0.1) is 6.54 Å². The Hall–Kier alpha value is -1.15. The van der Waals surface area contributed by atoms with Crippen molar-refractivity contribution < 1.29 is 4.79 Å². The van der Waals surface area contributed by atoms with Crippen LogP contribution in [0.4, 0.5) is 0 Å². The molecule has 0 radical (unpaired) electrons. The van der Waals surface area contributed by atoms with E-state index in [1.807, 2.05) is 12.1 Å². The maximum Gasteiger partial charge on any atom is 0.176 e. The number of nitrogens with zero attached hydrogens (tertiary/aromatic N) is 1. The van der Waals surface area contributed by atoms with Crippen molar-refractivity contribution in [2.75, 3.05) is 19.6 Å². The number of hydrogen-bond donors (Lipinski definition) is 0. The molecule has 0 N–H and O–H groups in total. The van der Waals surface area contributed by atoms with E-state index in [1.54, 1.807) is 0 Å². The van der Waals surface area contributed by atoms with Crippen molar-refractivity contribution in [2.24, 2.45) is 0 Å². The first-order valence-electron chi connectivity index (χ1n) is 5.64. The van der Waals surface area contributed by atoms with Gasteiger partial charge in [-0.3, -0.25) is 9.69 Å². The first-order valence-corrected chi connectivity index (χ1v) is 5.64. The van der Waals surface area contributed by atoms with Crippen molar-refractivity contribution in [3.8, 4) is 0 Å². The van der Waals surface area contributed by atoms with Crippen LogP contribution in [0, 0.1) is 0 Å². The first-order chi connectivity index (χ1) is 7.29. The van der Waals surface area contributed by atoms with E-state index in [4.69, 9.17) is 0 Å². The van der Waals surface area contributed by atoms with E-state index in [9.17, 15) is 4.79 Å². The van der Waals surface area contributed by atoms with E-state index in [0.717, 1.165) is 31.5 Å². The summed E-state index contributed by atoms with van der Waals surface area (Å²) in [7, 11) is 0. The van der Waals surface area contributed by atoms with Crippen LogP contribution in [-0.2, 0) is 6.42 Å². The second-order valence-electron chi connectivity index (χ2n) is 4.15. The second kappa shape index (κ2) is 4.58. The van der Waals surface area contributed by atoms with Crippen LogP contribution in [0.1, 0.15) is 29.3 Å². The monoisotopic (exact) mass is 203 g/mol. The second-order valence-corrected chi connectivity index (χ2v) is 4.15. The van der Waals surface area contributed by atoms with Gasteiger partial charge in [0.15, 0.2) is 5.78 Å². The lowest BCUT2D eigenvalue weighted by molar-refractivity contribution is 0.0974. The van der Waals surface area contributed by atoms with E-state index in [1.165, 1.54) is 5.56 Å². The summed E-state index contributed by atoms with van der Waals surface area (Å²) in [4.78, 5) is 13.9. The normalized spacial score (nSPS) is 15.3. The predicted molar refractivity (Wildman–Crippen MR) is 61.2 cm³/mol. The third-order valence-corrected chi connectivity index (χ3v) is 2.72. The highest BCUT2D eigenvalue weighted by Crippen LogP contribution is 2.10. The molecule has 0 amide bonds. The molecule has 0 bridgehead atoms. The van der Waals surface area contributed by atoms with Gasteiger partial charge in [0.2, 0.25) is 0 Å². The van der Waals surface area contributed by atoms with Gasteiger partial charge in [0.25, 0.3) is 0 Å².